The molecule has 0 unspecified atom stereocenters. The third-order valence-corrected chi connectivity index (χ3v) is 5.81. The number of H-pyrrole nitrogens is 1. The molecule has 35 heavy (non-hydrogen) atoms. The monoisotopic (exact) mass is 483 g/mol. The summed E-state index contributed by atoms with van der Waals surface area (Å²) in [4.78, 5) is 30.4. The van der Waals surface area contributed by atoms with Crippen LogP contribution in [0.25, 0.3) is 22.6 Å². The SMILES string of the molecule is Cn1cc(-c2nc(C(F)F)c(C(=O)N3CCc4[nH]cnc4[C@H]3c3nc4cccc(F)c4o3)o2)cn1. The lowest BCUT2D eigenvalue weighted by molar-refractivity contribution is 0.0621. The van der Waals surface area contributed by atoms with Crippen molar-refractivity contribution >= 4 is 17.0 Å². The number of fused-ring (bicyclic) bond motifs is 2. The number of hydrogen-bond acceptors (Lipinski definition) is 7. The molecule has 4 aromatic heterocycles. The van der Waals surface area contributed by atoms with Crippen molar-refractivity contribution in [3.8, 4) is 11.5 Å². The van der Waals surface area contributed by atoms with Crippen molar-refractivity contribution in [2.45, 2.75) is 18.9 Å². The molecular formula is C22H16F3N7O3. The summed E-state index contributed by atoms with van der Waals surface area (Å²) < 4.78 is 54.7. The summed E-state index contributed by atoms with van der Waals surface area (Å²) in [6.07, 6.45) is 1.68. The molecule has 10 nitrogen and oxygen atoms in total. The van der Waals surface area contributed by atoms with E-state index in [1.807, 2.05) is 0 Å². The van der Waals surface area contributed by atoms with Gasteiger partial charge in [-0.15, -0.1) is 0 Å². The molecule has 13 heteroatoms. The lowest BCUT2D eigenvalue weighted by atomic mass is 10.0. The molecule has 1 atom stereocenters. The van der Waals surface area contributed by atoms with Crippen LogP contribution in [-0.2, 0) is 13.5 Å². The van der Waals surface area contributed by atoms with Gasteiger partial charge >= 0.3 is 0 Å². The molecule has 1 N–H and O–H groups in total. The maximum Gasteiger partial charge on any atom is 0.292 e. The van der Waals surface area contributed by atoms with Crippen LogP contribution in [0.1, 0.15) is 46.0 Å². The highest BCUT2D eigenvalue weighted by atomic mass is 19.3. The Balaban J connectivity index is 1.46. The number of aromatic amines is 1. The van der Waals surface area contributed by atoms with E-state index in [2.05, 4.69) is 25.0 Å². The van der Waals surface area contributed by atoms with Crippen LogP contribution in [0.3, 0.4) is 0 Å². The Bertz CT molecular complexity index is 1570. The Kier molecular flexibility index (Phi) is 4.72. The highest BCUT2D eigenvalue weighted by Gasteiger charge is 2.41. The van der Waals surface area contributed by atoms with Crippen molar-refractivity contribution in [2.75, 3.05) is 6.54 Å². The normalized spacial score (nSPS) is 15.8. The van der Waals surface area contributed by atoms with E-state index in [9.17, 15) is 18.0 Å². The molecule has 0 bridgehead atoms. The van der Waals surface area contributed by atoms with Gasteiger partial charge in [0.05, 0.1) is 23.8 Å². The van der Waals surface area contributed by atoms with Crippen LogP contribution >= 0.6 is 0 Å². The number of imidazole rings is 1. The Labute approximate surface area is 194 Å². The lowest BCUT2D eigenvalue weighted by Crippen LogP contribution is -2.41. The van der Waals surface area contributed by atoms with Gasteiger partial charge < -0.3 is 18.7 Å². The van der Waals surface area contributed by atoms with E-state index in [-0.39, 0.29) is 29.4 Å². The molecule has 5 aromatic rings. The van der Waals surface area contributed by atoms with Gasteiger partial charge in [-0.2, -0.15) is 5.10 Å². The lowest BCUT2D eigenvalue weighted by Gasteiger charge is -2.32. The summed E-state index contributed by atoms with van der Waals surface area (Å²) >= 11 is 0. The number of carbonyl (C=O) groups is 1. The van der Waals surface area contributed by atoms with E-state index in [4.69, 9.17) is 8.83 Å². The van der Waals surface area contributed by atoms with Crippen LogP contribution in [0.15, 0.2) is 45.8 Å². The molecule has 0 saturated carbocycles. The fourth-order valence-corrected chi connectivity index (χ4v) is 4.21. The zero-order valence-corrected chi connectivity index (χ0v) is 18.1. The first-order valence-electron chi connectivity index (χ1n) is 10.6. The molecule has 5 heterocycles. The quantitative estimate of drug-likeness (QED) is 0.413. The van der Waals surface area contributed by atoms with Gasteiger partial charge in [-0.3, -0.25) is 9.48 Å². The molecule has 1 aliphatic heterocycles. The minimum absolute atomic E-state index is 0.00269. The maximum absolute atomic E-state index is 14.3. The topological polar surface area (TPSA) is 119 Å². The number of nitrogens with zero attached hydrogens (tertiary/aromatic N) is 6. The molecule has 178 valence electrons. The van der Waals surface area contributed by atoms with Gasteiger partial charge in [0.1, 0.15) is 5.52 Å². The van der Waals surface area contributed by atoms with Gasteiger partial charge in [-0.1, -0.05) is 6.07 Å². The summed E-state index contributed by atoms with van der Waals surface area (Å²) in [5.41, 5.74) is 0.870. The number of aryl methyl sites for hydroxylation is 1. The first-order valence-corrected chi connectivity index (χ1v) is 10.6. The molecule has 6 rings (SSSR count). The average molecular weight is 483 g/mol. The van der Waals surface area contributed by atoms with Gasteiger partial charge in [0.15, 0.2) is 23.1 Å². The fourth-order valence-electron chi connectivity index (χ4n) is 4.21. The standard InChI is InChI=1S/C22H16F3N7O3/c1-31-8-10(7-28-31)20-30-15(19(24)25)18(35-20)22(33)32-6-5-12-14(27-9-26-12)16(32)21-29-13-4-2-3-11(23)17(13)34-21/h2-4,7-9,16,19H,5-6H2,1H3,(H,26,27)/t16-/m0/s1. The second kappa shape index (κ2) is 7.82. The zero-order chi connectivity index (χ0) is 24.3. The summed E-state index contributed by atoms with van der Waals surface area (Å²) in [5.74, 6) is -2.23. The van der Waals surface area contributed by atoms with Gasteiger partial charge in [0, 0.05) is 31.9 Å². The molecule has 0 aliphatic carbocycles. The highest BCUT2D eigenvalue weighted by Crippen LogP contribution is 2.37. The third kappa shape index (κ3) is 3.38. The van der Waals surface area contributed by atoms with E-state index < -0.39 is 35.6 Å². The number of alkyl halides is 2. The molecule has 0 spiro atoms. The average Bonchev–Trinajstić information content (AvgIpc) is 3.62. The van der Waals surface area contributed by atoms with Crippen LogP contribution in [0.2, 0.25) is 0 Å². The Morgan fingerprint density at radius 2 is 2.11 bits per heavy atom. The van der Waals surface area contributed by atoms with Crippen molar-refractivity contribution in [3.05, 3.63) is 71.5 Å². The summed E-state index contributed by atoms with van der Waals surface area (Å²) in [6, 6.07) is 3.28. The number of carbonyl (C=O) groups excluding carboxylic acids is 1. The van der Waals surface area contributed by atoms with E-state index >= 15 is 0 Å². The summed E-state index contributed by atoms with van der Waals surface area (Å²) in [6.45, 7) is 0.117. The maximum atomic E-state index is 14.3. The van der Waals surface area contributed by atoms with Crippen molar-refractivity contribution in [3.63, 3.8) is 0 Å². The molecular weight excluding hydrogens is 467 g/mol. The number of aromatic nitrogens is 6. The van der Waals surface area contributed by atoms with Gasteiger partial charge in [-0.25, -0.2) is 28.1 Å². The predicted octanol–water partition coefficient (Wildman–Crippen LogP) is 3.80. The Morgan fingerprint density at radius 3 is 2.86 bits per heavy atom. The van der Waals surface area contributed by atoms with Crippen molar-refractivity contribution in [1.29, 1.82) is 0 Å². The number of rotatable bonds is 4. The number of nitrogens with one attached hydrogen (secondary N) is 1. The second-order valence-electron chi connectivity index (χ2n) is 7.99. The molecule has 0 radical (unpaired) electrons. The minimum atomic E-state index is -3.06. The van der Waals surface area contributed by atoms with Crippen molar-refractivity contribution < 1.29 is 26.8 Å². The van der Waals surface area contributed by atoms with Crippen molar-refractivity contribution in [2.24, 2.45) is 7.05 Å². The van der Waals surface area contributed by atoms with E-state index in [0.29, 0.717) is 17.7 Å². The number of para-hydroxylation sites is 1. The van der Waals surface area contributed by atoms with Crippen LogP contribution in [0.4, 0.5) is 13.2 Å². The number of halogens is 3. The number of benzene rings is 1. The predicted molar refractivity (Wildman–Crippen MR) is 113 cm³/mol. The van der Waals surface area contributed by atoms with Crippen LogP contribution in [-0.4, -0.2) is 47.1 Å². The van der Waals surface area contributed by atoms with Crippen LogP contribution in [0, 0.1) is 5.82 Å². The van der Waals surface area contributed by atoms with E-state index in [1.165, 1.54) is 40.4 Å². The highest BCUT2D eigenvalue weighted by molar-refractivity contribution is 5.93. The van der Waals surface area contributed by atoms with E-state index in [1.54, 1.807) is 13.1 Å². The zero-order valence-electron chi connectivity index (χ0n) is 18.1. The van der Waals surface area contributed by atoms with Crippen molar-refractivity contribution in [1.82, 2.24) is 34.6 Å². The summed E-state index contributed by atoms with van der Waals surface area (Å²) in [5, 5.41) is 3.98. The number of oxazole rings is 2. The van der Waals surface area contributed by atoms with Crippen LogP contribution in [0.5, 0.6) is 0 Å². The molecule has 1 aliphatic rings. The van der Waals surface area contributed by atoms with E-state index in [0.717, 1.165) is 5.69 Å². The number of hydrogen-bond donors (Lipinski definition) is 1. The molecule has 0 fully saturated rings. The first-order chi connectivity index (χ1) is 16.9. The third-order valence-electron chi connectivity index (χ3n) is 5.81. The fraction of sp³-hybridized carbons (Fsp3) is 0.227. The second-order valence-corrected chi connectivity index (χ2v) is 7.99. The first kappa shape index (κ1) is 21.1. The Morgan fingerprint density at radius 1 is 1.26 bits per heavy atom. The molecule has 1 amide bonds. The Hall–Kier alpha value is -4.42. The summed E-state index contributed by atoms with van der Waals surface area (Å²) in [7, 11) is 1.65. The largest absolute Gasteiger partial charge is 0.435 e. The van der Waals surface area contributed by atoms with Crippen LogP contribution < -0.4 is 0 Å². The van der Waals surface area contributed by atoms with Gasteiger partial charge in [0.25, 0.3) is 12.3 Å². The van der Waals surface area contributed by atoms with Gasteiger partial charge in [0.2, 0.25) is 17.5 Å². The molecule has 0 saturated heterocycles. The smallest absolute Gasteiger partial charge is 0.292 e. The minimum Gasteiger partial charge on any atom is -0.435 e. The molecule has 1 aromatic carbocycles. The van der Waals surface area contributed by atoms with Gasteiger partial charge in [-0.05, 0) is 12.1 Å². The number of amides is 1.